The Kier molecular flexibility index (Phi) is 33.2. The van der Waals surface area contributed by atoms with Gasteiger partial charge >= 0.3 is 11.9 Å². The number of aliphatic carboxylic acids is 1. The SMILES string of the molecule is CCCCC/C=C\C/C=C\CCCC(CCCCCCCC(=O)NCC(=O)NC(CO)C(=O)O)OC(=O)CCCCCCCCCCCC. The lowest BCUT2D eigenvalue weighted by Gasteiger charge is -2.18. The van der Waals surface area contributed by atoms with Gasteiger partial charge in [0.05, 0.1) is 13.2 Å². The molecule has 284 valence electrons. The average molecular weight is 693 g/mol. The van der Waals surface area contributed by atoms with E-state index in [2.05, 4.69) is 48.8 Å². The van der Waals surface area contributed by atoms with E-state index < -0.39 is 24.5 Å². The molecule has 0 aromatic carbocycles. The lowest BCUT2D eigenvalue weighted by atomic mass is 10.0. The second-order valence-corrected chi connectivity index (χ2v) is 13.4. The third-order valence-electron chi connectivity index (χ3n) is 8.70. The van der Waals surface area contributed by atoms with Crippen molar-refractivity contribution < 1.29 is 34.1 Å². The van der Waals surface area contributed by atoms with Gasteiger partial charge in [-0.1, -0.05) is 128 Å². The first-order valence-corrected chi connectivity index (χ1v) is 19.7. The molecule has 0 spiro atoms. The first-order chi connectivity index (χ1) is 23.8. The molecule has 9 nitrogen and oxygen atoms in total. The van der Waals surface area contributed by atoms with Crippen molar-refractivity contribution in [3.8, 4) is 0 Å². The smallest absolute Gasteiger partial charge is 0.328 e. The minimum atomic E-state index is -1.38. The first kappa shape index (κ1) is 46.3. The number of carboxylic acids is 1. The molecule has 0 aromatic rings. The number of aliphatic hydroxyl groups is 1. The summed E-state index contributed by atoms with van der Waals surface area (Å²) in [6.45, 7) is 3.43. The molecule has 0 bridgehead atoms. The monoisotopic (exact) mass is 693 g/mol. The number of rotatable bonds is 35. The number of unbranched alkanes of at least 4 members (excludes halogenated alkanes) is 17. The van der Waals surface area contributed by atoms with Gasteiger partial charge in [-0.3, -0.25) is 14.4 Å². The summed E-state index contributed by atoms with van der Waals surface area (Å²) in [6, 6.07) is -1.38. The average Bonchev–Trinajstić information content (AvgIpc) is 3.08. The second-order valence-electron chi connectivity index (χ2n) is 13.4. The van der Waals surface area contributed by atoms with Crippen molar-refractivity contribution in [3.05, 3.63) is 24.3 Å². The fourth-order valence-corrected chi connectivity index (χ4v) is 5.63. The number of carboxylic acid groups (broad SMARTS) is 1. The summed E-state index contributed by atoms with van der Waals surface area (Å²) >= 11 is 0. The van der Waals surface area contributed by atoms with Crippen molar-refractivity contribution in [2.24, 2.45) is 0 Å². The van der Waals surface area contributed by atoms with Gasteiger partial charge in [-0.15, -0.1) is 0 Å². The summed E-state index contributed by atoms with van der Waals surface area (Å²) in [5, 5.41) is 22.5. The summed E-state index contributed by atoms with van der Waals surface area (Å²) in [5.41, 5.74) is 0. The number of aliphatic hydroxyl groups excluding tert-OH is 1. The Morgan fingerprint density at radius 2 is 1.12 bits per heavy atom. The van der Waals surface area contributed by atoms with Gasteiger partial charge in [-0.05, 0) is 64.2 Å². The van der Waals surface area contributed by atoms with Crippen LogP contribution in [0.3, 0.4) is 0 Å². The van der Waals surface area contributed by atoms with Crippen LogP contribution in [0.2, 0.25) is 0 Å². The minimum absolute atomic E-state index is 0.0500. The summed E-state index contributed by atoms with van der Waals surface area (Å²) < 4.78 is 5.97. The van der Waals surface area contributed by atoms with Crippen LogP contribution in [0.5, 0.6) is 0 Å². The molecular formula is C40H72N2O7. The van der Waals surface area contributed by atoms with Crippen LogP contribution in [-0.2, 0) is 23.9 Å². The molecule has 9 heteroatoms. The van der Waals surface area contributed by atoms with E-state index in [9.17, 15) is 19.2 Å². The van der Waals surface area contributed by atoms with E-state index in [1.54, 1.807) is 0 Å². The number of allylic oxidation sites excluding steroid dienone is 4. The van der Waals surface area contributed by atoms with Crippen molar-refractivity contribution >= 4 is 23.8 Å². The molecular weight excluding hydrogens is 620 g/mol. The lowest BCUT2D eigenvalue weighted by molar-refractivity contribution is -0.150. The van der Waals surface area contributed by atoms with E-state index in [0.29, 0.717) is 12.8 Å². The molecule has 0 saturated heterocycles. The number of carbonyl (C=O) groups excluding carboxylic acids is 3. The Bertz CT molecular complexity index is 890. The number of esters is 1. The Morgan fingerprint density at radius 3 is 1.71 bits per heavy atom. The zero-order valence-electron chi connectivity index (χ0n) is 31.2. The zero-order chi connectivity index (χ0) is 36.2. The Balaban J connectivity index is 4.36. The first-order valence-electron chi connectivity index (χ1n) is 19.7. The van der Waals surface area contributed by atoms with Crippen LogP contribution < -0.4 is 10.6 Å². The van der Waals surface area contributed by atoms with Gasteiger partial charge in [0.15, 0.2) is 0 Å². The molecule has 0 aliphatic rings. The second kappa shape index (κ2) is 35.2. The Morgan fingerprint density at radius 1 is 0.612 bits per heavy atom. The molecule has 0 aliphatic carbocycles. The van der Waals surface area contributed by atoms with Gasteiger partial charge in [-0.2, -0.15) is 0 Å². The number of ether oxygens (including phenoxy) is 1. The molecule has 0 radical (unpaired) electrons. The molecule has 2 unspecified atom stereocenters. The summed E-state index contributed by atoms with van der Waals surface area (Å²) in [6.07, 6.45) is 36.3. The van der Waals surface area contributed by atoms with Gasteiger partial charge < -0.3 is 25.6 Å². The number of carbonyl (C=O) groups is 4. The highest BCUT2D eigenvalue weighted by Crippen LogP contribution is 2.18. The maximum absolute atomic E-state index is 12.7. The van der Waals surface area contributed by atoms with Crippen LogP contribution in [0.25, 0.3) is 0 Å². The third-order valence-corrected chi connectivity index (χ3v) is 8.70. The Hall–Kier alpha value is -2.68. The molecule has 2 amide bonds. The maximum atomic E-state index is 12.7. The molecule has 0 rings (SSSR count). The lowest BCUT2D eigenvalue weighted by Crippen LogP contribution is -2.47. The standard InChI is InChI=1S/C40H72N2O7/c1-3-5-7-9-11-13-15-16-18-21-25-29-35(49-39(46)32-28-24-19-17-14-12-10-8-6-4-2)30-26-22-20-23-27-31-37(44)41-33-38(45)42-36(34-43)40(47)48/h11,13,16,18,35-36,43H,3-10,12,14-15,17,19-34H2,1-2H3,(H,41,44)(H,42,45)(H,47,48)/b13-11-,18-16-. The molecule has 2 atom stereocenters. The van der Waals surface area contributed by atoms with Crippen molar-refractivity contribution in [2.45, 2.75) is 193 Å². The van der Waals surface area contributed by atoms with Crippen molar-refractivity contribution in [1.29, 1.82) is 0 Å². The fourth-order valence-electron chi connectivity index (χ4n) is 5.63. The van der Waals surface area contributed by atoms with Gasteiger partial charge in [-0.25, -0.2) is 4.79 Å². The number of nitrogens with one attached hydrogen (secondary N) is 2. The molecule has 0 aromatic heterocycles. The highest BCUT2D eigenvalue weighted by Gasteiger charge is 2.19. The molecule has 4 N–H and O–H groups in total. The van der Waals surface area contributed by atoms with Gasteiger partial charge in [0.2, 0.25) is 11.8 Å². The summed E-state index contributed by atoms with van der Waals surface area (Å²) in [5.74, 6) is -2.32. The Labute approximate surface area is 298 Å². The van der Waals surface area contributed by atoms with E-state index in [-0.39, 0.29) is 30.9 Å². The van der Waals surface area contributed by atoms with Crippen LogP contribution in [-0.4, -0.2) is 59.3 Å². The predicted octanol–water partition coefficient (Wildman–Crippen LogP) is 8.87. The van der Waals surface area contributed by atoms with Crippen LogP contribution in [0.4, 0.5) is 0 Å². The van der Waals surface area contributed by atoms with Gasteiger partial charge in [0.1, 0.15) is 12.1 Å². The quantitative estimate of drug-likeness (QED) is 0.0295. The van der Waals surface area contributed by atoms with E-state index in [1.165, 1.54) is 70.6 Å². The predicted molar refractivity (Wildman–Crippen MR) is 199 cm³/mol. The fraction of sp³-hybridized carbons (Fsp3) is 0.800. The summed E-state index contributed by atoms with van der Waals surface area (Å²) in [4.78, 5) is 47.4. The molecule has 0 heterocycles. The largest absolute Gasteiger partial charge is 0.480 e. The number of amides is 2. The van der Waals surface area contributed by atoms with Crippen LogP contribution >= 0.6 is 0 Å². The summed E-state index contributed by atoms with van der Waals surface area (Å²) in [7, 11) is 0. The maximum Gasteiger partial charge on any atom is 0.328 e. The topological polar surface area (TPSA) is 142 Å². The van der Waals surface area contributed by atoms with Crippen LogP contribution in [0.15, 0.2) is 24.3 Å². The van der Waals surface area contributed by atoms with Crippen molar-refractivity contribution in [3.63, 3.8) is 0 Å². The van der Waals surface area contributed by atoms with E-state index in [0.717, 1.165) is 77.0 Å². The highest BCUT2D eigenvalue weighted by atomic mass is 16.5. The van der Waals surface area contributed by atoms with Gasteiger partial charge in [0.25, 0.3) is 0 Å². The molecule has 49 heavy (non-hydrogen) atoms. The normalized spacial score (nSPS) is 12.7. The highest BCUT2D eigenvalue weighted by molar-refractivity contribution is 5.87. The van der Waals surface area contributed by atoms with Crippen LogP contribution in [0, 0.1) is 0 Å². The minimum Gasteiger partial charge on any atom is -0.480 e. The molecule has 0 fully saturated rings. The molecule has 0 saturated carbocycles. The zero-order valence-corrected chi connectivity index (χ0v) is 31.2. The molecule has 0 aliphatic heterocycles. The number of hydrogen-bond acceptors (Lipinski definition) is 6. The van der Waals surface area contributed by atoms with Crippen molar-refractivity contribution in [2.75, 3.05) is 13.2 Å². The number of hydrogen-bond donors (Lipinski definition) is 4. The third kappa shape index (κ3) is 32.3. The van der Waals surface area contributed by atoms with E-state index in [1.807, 2.05) is 0 Å². The van der Waals surface area contributed by atoms with Crippen LogP contribution in [0.1, 0.15) is 181 Å². The van der Waals surface area contributed by atoms with E-state index >= 15 is 0 Å². The van der Waals surface area contributed by atoms with Crippen molar-refractivity contribution in [1.82, 2.24) is 10.6 Å². The van der Waals surface area contributed by atoms with E-state index in [4.69, 9.17) is 14.9 Å². The van der Waals surface area contributed by atoms with Gasteiger partial charge in [0, 0.05) is 12.8 Å².